The summed E-state index contributed by atoms with van der Waals surface area (Å²) in [5, 5.41) is 8.66. The average molecular weight is 174 g/mol. The molecule has 0 radical (unpaired) electrons. The summed E-state index contributed by atoms with van der Waals surface area (Å²) in [4.78, 5) is 10.6. The van der Waals surface area contributed by atoms with Crippen molar-refractivity contribution in [3.63, 3.8) is 0 Å². The minimum absolute atomic E-state index is 0.460. The SMILES string of the molecule is C=CC[C@@H](OC)C(OC)C(=O)O. The van der Waals surface area contributed by atoms with E-state index in [9.17, 15) is 4.79 Å². The van der Waals surface area contributed by atoms with Crippen LogP contribution in [0.1, 0.15) is 6.42 Å². The fraction of sp³-hybridized carbons (Fsp3) is 0.625. The van der Waals surface area contributed by atoms with Crippen LogP contribution in [0.5, 0.6) is 0 Å². The van der Waals surface area contributed by atoms with Crippen LogP contribution in [0.25, 0.3) is 0 Å². The zero-order valence-electron chi connectivity index (χ0n) is 7.32. The second-order valence-corrected chi connectivity index (χ2v) is 2.29. The Hall–Kier alpha value is -0.870. The number of ether oxygens (including phenoxy) is 2. The molecule has 0 amide bonds. The van der Waals surface area contributed by atoms with Crippen LogP contribution in [-0.2, 0) is 14.3 Å². The smallest absolute Gasteiger partial charge is 0.335 e. The molecule has 4 heteroatoms. The Morgan fingerprint density at radius 1 is 1.58 bits per heavy atom. The normalized spacial score (nSPS) is 15.2. The van der Waals surface area contributed by atoms with Gasteiger partial charge in [-0.25, -0.2) is 4.79 Å². The lowest BCUT2D eigenvalue weighted by molar-refractivity contribution is -0.157. The minimum atomic E-state index is -1.02. The number of hydrogen-bond acceptors (Lipinski definition) is 3. The van der Waals surface area contributed by atoms with Gasteiger partial charge in [-0.2, -0.15) is 0 Å². The average Bonchev–Trinajstić information content (AvgIpc) is 2.03. The first-order chi connectivity index (χ1) is 5.67. The first-order valence-electron chi connectivity index (χ1n) is 3.56. The van der Waals surface area contributed by atoms with Gasteiger partial charge in [0.1, 0.15) is 0 Å². The molecule has 1 N–H and O–H groups in total. The van der Waals surface area contributed by atoms with Gasteiger partial charge in [-0.05, 0) is 6.42 Å². The Morgan fingerprint density at radius 2 is 2.17 bits per heavy atom. The quantitative estimate of drug-likeness (QED) is 0.601. The van der Waals surface area contributed by atoms with E-state index in [1.807, 2.05) is 0 Å². The molecule has 0 aliphatic heterocycles. The van der Waals surface area contributed by atoms with Crippen LogP contribution in [0, 0.1) is 0 Å². The van der Waals surface area contributed by atoms with Crippen LogP contribution in [0.15, 0.2) is 12.7 Å². The predicted molar refractivity (Wildman–Crippen MR) is 44.0 cm³/mol. The fourth-order valence-electron chi connectivity index (χ4n) is 0.919. The van der Waals surface area contributed by atoms with Gasteiger partial charge in [-0.1, -0.05) is 6.08 Å². The van der Waals surface area contributed by atoms with E-state index in [-0.39, 0.29) is 0 Å². The van der Waals surface area contributed by atoms with Gasteiger partial charge < -0.3 is 14.6 Å². The molecular weight excluding hydrogens is 160 g/mol. The monoisotopic (exact) mass is 174 g/mol. The van der Waals surface area contributed by atoms with Gasteiger partial charge in [0.25, 0.3) is 0 Å². The zero-order chi connectivity index (χ0) is 9.56. The summed E-state index contributed by atoms with van der Waals surface area (Å²) < 4.78 is 9.67. The lowest BCUT2D eigenvalue weighted by Gasteiger charge is -2.19. The molecule has 12 heavy (non-hydrogen) atoms. The Labute approximate surface area is 71.8 Å². The third kappa shape index (κ3) is 3.02. The molecule has 0 aliphatic rings. The van der Waals surface area contributed by atoms with E-state index < -0.39 is 18.2 Å². The molecule has 0 aromatic heterocycles. The van der Waals surface area contributed by atoms with E-state index in [0.717, 1.165) is 0 Å². The summed E-state index contributed by atoms with van der Waals surface area (Å²) in [6.07, 6.45) is 0.669. The van der Waals surface area contributed by atoms with Crippen LogP contribution >= 0.6 is 0 Å². The summed E-state index contributed by atoms with van der Waals surface area (Å²) in [6, 6.07) is 0. The second-order valence-electron chi connectivity index (χ2n) is 2.29. The largest absolute Gasteiger partial charge is 0.479 e. The van der Waals surface area contributed by atoms with Crippen molar-refractivity contribution in [2.45, 2.75) is 18.6 Å². The lowest BCUT2D eigenvalue weighted by Crippen LogP contribution is -2.36. The molecule has 0 fully saturated rings. The molecule has 0 aromatic rings. The first-order valence-corrected chi connectivity index (χ1v) is 3.56. The fourth-order valence-corrected chi connectivity index (χ4v) is 0.919. The minimum Gasteiger partial charge on any atom is -0.479 e. The molecule has 4 nitrogen and oxygen atoms in total. The molecule has 0 heterocycles. The van der Waals surface area contributed by atoms with E-state index in [2.05, 4.69) is 6.58 Å². The Morgan fingerprint density at radius 3 is 2.42 bits per heavy atom. The predicted octanol–water partition coefficient (Wildman–Crippen LogP) is 0.677. The summed E-state index contributed by atoms with van der Waals surface area (Å²) in [5.41, 5.74) is 0. The highest BCUT2D eigenvalue weighted by Gasteiger charge is 2.26. The Kier molecular flexibility index (Phi) is 5.32. The molecule has 0 bridgehead atoms. The van der Waals surface area contributed by atoms with E-state index >= 15 is 0 Å². The van der Waals surface area contributed by atoms with Gasteiger partial charge in [0.05, 0.1) is 6.10 Å². The summed E-state index contributed by atoms with van der Waals surface area (Å²) in [5.74, 6) is -1.02. The van der Waals surface area contributed by atoms with Gasteiger partial charge in [-0.15, -0.1) is 6.58 Å². The van der Waals surface area contributed by atoms with Crippen LogP contribution in [0.4, 0.5) is 0 Å². The Balaban J connectivity index is 4.21. The number of carboxylic acid groups (broad SMARTS) is 1. The van der Waals surface area contributed by atoms with Gasteiger partial charge in [0, 0.05) is 14.2 Å². The van der Waals surface area contributed by atoms with Crippen molar-refractivity contribution < 1.29 is 19.4 Å². The third-order valence-corrected chi connectivity index (χ3v) is 1.54. The van der Waals surface area contributed by atoms with Crippen molar-refractivity contribution in [2.75, 3.05) is 14.2 Å². The molecule has 0 saturated heterocycles. The number of rotatable bonds is 6. The molecular formula is C8H14O4. The van der Waals surface area contributed by atoms with Crippen LogP contribution < -0.4 is 0 Å². The van der Waals surface area contributed by atoms with E-state index in [1.165, 1.54) is 14.2 Å². The molecule has 1 unspecified atom stereocenters. The number of carbonyl (C=O) groups is 1. The lowest BCUT2D eigenvalue weighted by atomic mass is 10.1. The highest BCUT2D eigenvalue weighted by atomic mass is 16.5. The topological polar surface area (TPSA) is 55.8 Å². The standard InChI is InChI=1S/C8H14O4/c1-4-5-6(11-2)7(12-3)8(9)10/h4,6-7H,1,5H2,2-3H3,(H,9,10)/t6-,7?/m1/s1. The summed E-state index contributed by atoms with van der Waals surface area (Å²) in [7, 11) is 2.79. The van der Waals surface area contributed by atoms with Crippen molar-refractivity contribution in [1.82, 2.24) is 0 Å². The highest BCUT2D eigenvalue weighted by Crippen LogP contribution is 2.07. The number of aliphatic carboxylic acids is 1. The summed E-state index contributed by atoms with van der Waals surface area (Å²) in [6.45, 7) is 3.50. The molecule has 2 atom stereocenters. The zero-order valence-corrected chi connectivity index (χ0v) is 7.32. The highest BCUT2D eigenvalue weighted by molar-refractivity contribution is 5.73. The van der Waals surface area contributed by atoms with Crippen molar-refractivity contribution >= 4 is 5.97 Å². The maximum atomic E-state index is 10.6. The van der Waals surface area contributed by atoms with Crippen molar-refractivity contribution in [2.24, 2.45) is 0 Å². The molecule has 0 aliphatic carbocycles. The number of hydrogen-bond donors (Lipinski definition) is 1. The van der Waals surface area contributed by atoms with Crippen LogP contribution in [0.2, 0.25) is 0 Å². The molecule has 0 aromatic carbocycles. The van der Waals surface area contributed by atoms with Gasteiger partial charge >= 0.3 is 5.97 Å². The molecule has 0 saturated carbocycles. The van der Waals surface area contributed by atoms with E-state index in [4.69, 9.17) is 14.6 Å². The van der Waals surface area contributed by atoms with Gasteiger partial charge in [-0.3, -0.25) is 0 Å². The molecule has 0 spiro atoms. The van der Waals surface area contributed by atoms with Crippen molar-refractivity contribution in [3.8, 4) is 0 Å². The van der Waals surface area contributed by atoms with Crippen LogP contribution in [-0.4, -0.2) is 37.5 Å². The maximum Gasteiger partial charge on any atom is 0.335 e. The summed E-state index contributed by atoms with van der Waals surface area (Å²) >= 11 is 0. The third-order valence-electron chi connectivity index (χ3n) is 1.54. The maximum absolute atomic E-state index is 10.6. The van der Waals surface area contributed by atoms with Crippen molar-refractivity contribution in [3.05, 3.63) is 12.7 Å². The van der Waals surface area contributed by atoms with E-state index in [1.54, 1.807) is 6.08 Å². The van der Waals surface area contributed by atoms with Crippen molar-refractivity contribution in [1.29, 1.82) is 0 Å². The second kappa shape index (κ2) is 5.74. The molecule has 70 valence electrons. The van der Waals surface area contributed by atoms with E-state index in [0.29, 0.717) is 6.42 Å². The van der Waals surface area contributed by atoms with Crippen LogP contribution in [0.3, 0.4) is 0 Å². The van der Waals surface area contributed by atoms with Gasteiger partial charge in [0.2, 0.25) is 0 Å². The number of methoxy groups -OCH3 is 2. The Bertz CT molecular complexity index is 155. The van der Waals surface area contributed by atoms with Gasteiger partial charge in [0.15, 0.2) is 6.10 Å². The number of carboxylic acids is 1. The molecule has 0 rings (SSSR count). The first kappa shape index (κ1) is 11.1.